The molecule has 0 bridgehead atoms. The molecular formula is C33H42N2O6S. The number of ether oxygens (including phenoxy) is 4. The van der Waals surface area contributed by atoms with Crippen LogP contribution in [0.15, 0.2) is 72.8 Å². The van der Waals surface area contributed by atoms with E-state index in [9.17, 15) is 8.42 Å². The largest absolute Gasteiger partial charge is 0.497 e. The molecule has 1 N–H and O–H groups in total. The summed E-state index contributed by atoms with van der Waals surface area (Å²) in [5, 5.41) is 3.49. The maximum absolute atomic E-state index is 13.1. The maximum Gasteiger partial charge on any atom is 0.155 e. The number of hydrogen-bond donors (Lipinski definition) is 1. The minimum Gasteiger partial charge on any atom is -0.497 e. The van der Waals surface area contributed by atoms with E-state index < -0.39 is 9.84 Å². The van der Waals surface area contributed by atoms with Crippen molar-refractivity contribution >= 4 is 15.5 Å². The molecule has 1 saturated heterocycles. The van der Waals surface area contributed by atoms with Crippen molar-refractivity contribution in [2.24, 2.45) is 0 Å². The van der Waals surface area contributed by atoms with E-state index in [1.54, 1.807) is 14.2 Å². The molecule has 8 nitrogen and oxygen atoms in total. The maximum atomic E-state index is 13.1. The van der Waals surface area contributed by atoms with E-state index in [4.69, 9.17) is 18.9 Å². The fourth-order valence-corrected chi connectivity index (χ4v) is 7.59. The Kier molecular flexibility index (Phi) is 10.4. The van der Waals surface area contributed by atoms with Gasteiger partial charge in [0.2, 0.25) is 0 Å². The highest BCUT2D eigenvalue weighted by Gasteiger charge is 2.34. The van der Waals surface area contributed by atoms with Crippen LogP contribution in [0.25, 0.3) is 0 Å². The smallest absolute Gasteiger partial charge is 0.155 e. The van der Waals surface area contributed by atoms with Crippen LogP contribution in [0.1, 0.15) is 35.4 Å². The minimum atomic E-state index is -3.29. The van der Waals surface area contributed by atoms with Crippen molar-refractivity contribution in [2.45, 2.75) is 43.3 Å². The summed E-state index contributed by atoms with van der Waals surface area (Å²) in [6, 6.07) is 23.5. The zero-order chi connectivity index (χ0) is 29.4. The van der Waals surface area contributed by atoms with Gasteiger partial charge in [-0.2, -0.15) is 0 Å². The van der Waals surface area contributed by atoms with Crippen molar-refractivity contribution in [1.82, 2.24) is 5.32 Å². The quantitative estimate of drug-likeness (QED) is 0.288. The molecule has 0 radical (unpaired) electrons. The highest BCUT2D eigenvalue weighted by Crippen LogP contribution is 2.35. The van der Waals surface area contributed by atoms with Crippen LogP contribution in [0, 0.1) is 0 Å². The third kappa shape index (κ3) is 8.04. The molecule has 0 aliphatic carbocycles. The van der Waals surface area contributed by atoms with E-state index in [2.05, 4.69) is 34.5 Å². The van der Waals surface area contributed by atoms with Crippen molar-refractivity contribution in [3.8, 4) is 11.5 Å². The van der Waals surface area contributed by atoms with Crippen LogP contribution in [-0.2, 0) is 31.7 Å². The monoisotopic (exact) mass is 594 g/mol. The van der Waals surface area contributed by atoms with Gasteiger partial charge in [-0.25, -0.2) is 8.42 Å². The minimum absolute atomic E-state index is 0.0422. The molecule has 0 aromatic heterocycles. The Balaban J connectivity index is 1.28. The summed E-state index contributed by atoms with van der Waals surface area (Å²) in [4.78, 5) is 2.35. The fourth-order valence-electron chi connectivity index (χ4n) is 5.91. The summed E-state index contributed by atoms with van der Waals surface area (Å²) in [7, 11) is 0.0906. The van der Waals surface area contributed by atoms with Crippen molar-refractivity contribution in [2.75, 3.05) is 57.7 Å². The Hall–Kier alpha value is -3.11. The first-order valence-electron chi connectivity index (χ1n) is 14.7. The molecule has 0 saturated carbocycles. The van der Waals surface area contributed by atoms with Gasteiger partial charge in [-0.1, -0.05) is 48.5 Å². The zero-order valence-electron chi connectivity index (χ0n) is 24.5. The molecule has 226 valence electrons. The van der Waals surface area contributed by atoms with E-state index in [1.807, 2.05) is 48.5 Å². The number of sulfone groups is 1. The first-order valence-corrected chi connectivity index (χ1v) is 16.5. The Morgan fingerprint density at radius 2 is 1.81 bits per heavy atom. The third-order valence-electron chi connectivity index (χ3n) is 8.05. The molecule has 42 heavy (non-hydrogen) atoms. The molecule has 1 fully saturated rings. The number of nitrogens with one attached hydrogen (secondary N) is 1. The number of fused-ring (bicyclic) bond motifs is 1. The Labute approximate surface area is 249 Å². The summed E-state index contributed by atoms with van der Waals surface area (Å²) in [5.41, 5.74) is 4.11. The Morgan fingerprint density at radius 1 is 1.00 bits per heavy atom. The lowest BCUT2D eigenvalue weighted by Crippen LogP contribution is -2.49. The number of benzene rings is 3. The fraction of sp³-hybridized carbons (Fsp3) is 0.455. The molecule has 9 heteroatoms. The zero-order valence-corrected chi connectivity index (χ0v) is 25.4. The van der Waals surface area contributed by atoms with Gasteiger partial charge >= 0.3 is 0 Å². The molecule has 3 aromatic rings. The summed E-state index contributed by atoms with van der Waals surface area (Å²) >= 11 is 0. The van der Waals surface area contributed by atoms with Gasteiger partial charge in [0.05, 0.1) is 43.6 Å². The predicted molar refractivity (Wildman–Crippen MR) is 165 cm³/mol. The third-order valence-corrected chi connectivity index (χ3v) is 9.73. The summed E-state index contributed by atoms with van der Waals surface area (Å²) in [6.07, 6.45) is 1.50. The normalized spacial score (nSPS) is 20.5. The second kappa shape index (κ2) is 14.4. The molecule has 3 atom stereocenters. The summed E-state index contributed by atoms with van der Waals surface area (Å²) < 4.78 is 49.3. The summed E-state index contributed by atoms with van der Waals surface area (Å²) in [5.74, 6) is 1.87. The second-order valence-electron chi connectivity index (χ2n) is 11.1. The van der Waals surface area contributed by atoms with E-state index in [0.717, 1.165) is 60.0 Å². The first-order chi connectivity index (χ1) is 20.4. The van der Waals surface area contributed by atoms with Crippen molar-refractivity contribution in [3.63, 3.8) is 0 Å². The van der Waals surface area contributed by atoms with E-state index in [1.165, 1.54) is 0 Å². The highest BCUT2D eigenvalue weighted by molar-refractivity contribution is 7.90. The molecule has 3 aromatic carbocycles. The lowest BCUT2D eigenvalue weighted by molar-refractivity contribution is 0.00440. The highest BCUT2D eigenvalue weighted by atomic mass is 32.2. The van der Waals surface area contributed by atoms with Gasteiger partial charge in [-0.3, -0.25) is 0 Å². The molecule has 0 amide bonds. The van der Waals surface area contributed by atoms with Crippen LogP contribution in [0.2, 0.25) is 0 Å². The average Bonchev–Trinajstić information content (AvgIpc) is 3.00. The standard InChI is InChI=1S/C33H42N2O6S/c1-38-17-6-15-35-16-18-40-32-14-9-26(19-31(32)35)22-41-33-21-34-28(20-30(33)27-10-12-29(39-2)13-11-27)24-42(36,37)23-25-7-4-3-5-8-25/h3-5,7-14,19,28,30,33-34H,6,15-18,20-24H2,1-2H3/t28?,30?,33-/m0/s1. The molecule has 0 spiro atoms. The van der Waals surface area contributed by atoms with E-state index in [0.29, 0.717) is 26.2 Å². The number of piperidine rings is 1. The van der Waals surface area contributed by atoms with Crippen LogP contribution in [0.4, 0.5) is 5.69 Å². The average molecular weight is 595 g/mol. The number of nitrogens with zero attached hydrogens (tertiary/aromatic N) is 1. The topological polar surface area (TPSA) is 86.3 Å². The SMILES string of the molecule is COCCCN1CCOc2ccc(CO[C@H]3CNC(CS(=O)(=O)Cc4ccccc4)CC3c3ccc(OC)cc3)cc21. The van der Waals surface area contributed by atoms with Gasteiger partial charge in [-0.15, -0.1) is 0 Å². The Morgan fingerprint density at radius 3 is 2.57 bits per heavy atom. The van der Waals surface area contributed by atoms with Gasteiger partial charge in [0.1, 0.15) is 18.1 Å². The number of rotatable bonds is 13. The van der Waals surface area contributed by atoms with Crippen LogP contribution >= 0.6 is 0 Å². The molecule has 2 aliphatic rings. The van der Waals surface area contributed by atoms with Crippen molar-refractivity contribution in [1.29, 1.82) is 0 Å². The van der Waals surface area contributed by atoms with Crippen LogP contribution < -0.4 is 19.7 Å². The van der Waals surface area contributed by atoms with Gasteiger partial charge in [0.25, 0.3) is 0 Å². The number of anilines is 1. The van der Waals surface area contributed by atoms with Gasteiger partial charge in [-0.05, 0) is 53.8 Å². The number of methoxy groups -OCH3 is 2. The predicted octanol–water partition coefficient (Wildman–Crippen LogP) is 4.58. The molecule has 2 unspecified atom stereocenters. The van der Waals surface area contributed by atoms with Gasteiger partial charge in [0.15, 0.2) is 9.84 Å². The lowest BCUT2D eigenvalue weighted by Gasteiger charge is -2.37. The van der Waals surface area contributed by atoms with Crippen LogP contribution in [-0.4, -0.2) is 73.4 Å². The molecule has 2 heterocycles. The molecule has 5 rings (SSSR count). The lowest BCUT2D eigenvalue weighted by atomic mass is 9.84. The molecule has 2 aliphatic heterocycles. The second-order valence-corrected chi connectivity index (χ2v) is 13.2. The van der Waals surface area contributed by atoms with Crippen LogP contribution in [0.5, 0.6) is 11.5 Å². The van der Waals surface area contributed by atoms with Gasteiger partial charge in [0, 0.05) is 38.8 Å². The number of hydrogen-bond acceptors (Lipinski definition) is 8. The van der Waals surface area contributed by atoms with Crippen LogP contribution in [0.3, 0.4) is 0 Å². The van der Waals surface area contributed by atoms with Gasteiger partial charge < -0.3 is 29.2 Å². The Bertz CT molecular complexity index is 1380. The molecular weight excluding hydrogens is 552 g/mol. The van der Waals surface area contributed by atoms with E-state index in [-0.39, 0.29) is 29.6 Å². The van der Waals surface area contributed by atoms with Crippen molar-refractivity contribution in [3.05, 3.63) is 89.5 Å². The summed E-state index contributed by atoms with van der Waals surface area (Å²) in [6.45, 7) is 4.19. The first kappa shape index (κ1) is 30.4. The van der Waals surface area contributed by atoms with Crippen molar-refractivity contribution < 1.29 is 27.4 Å². The van der Waals surface area contributed by atoms with E-state index >= 15 is 0 Å².